The molecule has 1 aromatic heterocycles. The van der Waals surface area contributed by atoms with E-state index in [1.54, 1.807) is 0 Å². The van der Waals surface area contributed by atoms with E-state index in [2.05, 4.69) is 17.0 Å². The Kier molecular flexibility index (Phi) is 3.88. The number of para-hydroxylation sites is 1. The fraction of sp³-hybridized carbons (Fsp3) is 0.333. The van der Waals surface area contributed by atoms with Crippen molar-refractivity contribution in [1.82, 2.24) is 4.98 Å². The molecule has 1 aliphatic heterocycles. The third kappa shape index (κ3) is 2.76. The van der Waals surface area contributed by atoms with E-state index in [4.69, 9.17) is 15.9 Å². The first kappa shape index (κ1) is 14.0. The van der Waals surface area contributed by atoms with Crippen LogP contribution in [0.2, 0.25) is 0 Å². The Bertz CT molecular complexity index is 688. The molecule has 1 fully saturated rings. The first-order valence-corrected chi connectivity index (χ1v) is 7.98. The number of hydrogen-bond donors (Lipinski definition) is 2. The van der Waals surface area contributed by atoms with E-state index in [0.29, 0.717) is 10.8 Å². The average Bonchev–Trinajstić information content (AvgIpc) is 2.53. The molecule has 1 saturated heterocycles. The number of rotatable bonds is 2. The number of nitrogens with zero attached hydrogens (tertiary/aromatic N) is 3. The van der Waals surface area contributed by atoms with Gasteiger partial charge in [-0.05, 0) is 12.1 Å². The number of pyridine rings is 1. The van der Waals surface area contributed by atoms with Gasteiger partial charge in [-0.15, -0.1) is 0 Å². The Morgan fingerprint density at radius 1 is 1.48 bits per heavy atom. The standard InChI is InChI=1S/C15H18N4OS/c1-10-9-19(6-7-21-10)15-12(14(16)18-20)8-11-4-2-3-5-13(11)17-15/h2-5,8,10,20H,6-7,9H2,1H3,(H2,16,18). The molecule has 1 unspecified atom stereocenters. The molecule has 1 aliphatic rings. The highest BCUT2D eigenvalue weighted by atomic mass is 32.2. The lowest BCUT2D eigenvalue weighted by molar-refractivity contribution is 0.318. The maximum absolute atomic E-state index is 9.05. The topological polar surface area (TPSA) is 74.7 Å². The predicted octanol–water partition coefficient (Wildman–Crippen LogP) is 2.27. The van der Waals surface area contributed by atoms with E-state index in [1.165, 1.54) is 0 Å². The highest BCUT2D eigenvalue weighted by Gasteiger charge is 2.22. The van der Waals surface area contributed by atoms with Gasteiger partial charge >= 0.3 is 0 Å². The summed E-state index contributed by atoms with van der Waals surface area (Å²) in [4.78, 5) is 6.97. The van der Waals surface area contributed by atoms with Gasteiger partial charge in [0.25, 0.3) is 0 Å². The summed E-state index contributed by atoms with van der Waals surface area (Å²) in [6.45, 7) is 4.05. The number of thioether (sulfide) groups is 1. The summed E-state index contributed by atoms with van der Waals surface area (Å²) in [5.41, 5.74) is 7.47. The minimum Gasteiger partial charge on any atom is -0.409 e. The summed E-state index contributed by atoms with van der Waals surface area (Å²) >= 11 is 1.96. The minimum absolute atomic E-state index is 0.106. The molecule has 0 spiro atoms. The lowest BCUT2D eigenvalue weighted by atomic mass is 10.1. The maximum Gasteiger partial charge on any atom is 0.173 e. The number of oxime groups is 1. The van der Waals surface area contributed by atoms with Crippen LogP contribution in [0.3, 0.4) is 0 Å². The SMILES string of the molecule is CC1CN(c2nc3ccccc3cc2/C(N)=N/O)CCS1. The minimum atomic E-state index is 0.106. The van der Waals surface area contributed by atoms with E-state index < -0.39 is 0 Å². The Morgan fingerprint density at radius 2 is 2.29 bits per heavy atom. The molecule has 6 heteroatoms. The number of amidine groups is 1. The second-order valence-electron chi connectivity index (χ2n) is 5.16. The van der Waals surface area contributed by atoms with Crippen molar-refractivity contribution in [3.05, 3.63) is 35.9 Å². The Hall–Kier alpha value is -1.95. The van der Waals surface area contributed by atoms with E-state index in [1.807, 2.05) is 42.1 Å². The summed E-state index contributed by atoms with van der Waals surface area (Å²) in [5.74, 6) is 1.97. The van der Waals surface area contributed by atoms with Crippen molar-refractivity contribution in [2.75, 3.05) is 23.7 Å². The zero-order valence-electron chi connectivity index (χ0n) is 11.9. The summed E-state index contributed by atoms with van der Waals surface area (Å²) in [6, 6.07) is 9.83. The quantitative estimate of drug-likeness (QED) is 0.385. The average molecular weight is 302 g/mol. The van der Waals surface area contributed by atoms with Crippen LogP contribution in [0, 0.1) is 0 Å². The van der Waals surface area contributed by atoms with Crippen molar-refractivity contribution in [1.29, 1.82) is 0 Å². The smallest absolute Gasteiger partial charge is 0.173 e. The van der Waals surface area contributed by atoms with Crippen LogP contribution in [0.5, 0.6) is 0 Å². The van der Waals surface area contributed by atoms with Crippen LogP contribution in [0.4, 0.5) is 5.82 Å². The summed E-state index contributed by atoms with van der Waals surface area (Å²) in [6.07, 6.45) is 0. The van der Waals surface area contributed by atoms with Gasteiger partial charge in [-0.1, -0.05) is 30.3 Å². The monoisotopic (exact) mass is 302 g/mol. The second-order valence-corrected chi connectivity index (χ2v) is 6.71. The number of hydrogen-bond acceptors (Lipinski definition) is 5. The first-order chi connectivity index (χ1) is 10.2. The van der Waals surface area contributed by atoms with E-state index in [9.17, 15) is 0 Å². The largest absolute Gasteiger partial charge is 0.409 e. The fourth-order valence-electron chi connectivity index (χ4n) is 2.60. The third-order valence-corrected chi connectivity index (χ3v) is 4.76. The van der Waals surface area contributed by atoms with Crippen LogP contribution in [0.25, 0.3) is 10.9 Å². The molecule has 1 atom stereocenters. The highest BCUT2D eigenvalue weighted by molar-refractivity contribution is 8.00. The Morgan fingerprint density at radius 3 is 3.05 bits per heavy atom. The van der Waals surface area contributed by atoms with Gasteiger partial charge in [-0.2, -0.15) is 11.8 Å². The number of anilines is 1. The summed E-state index contributed by atoms with van der Waals surface area (Å²) in [5, 5.41) is 13.7. The van der Waals surface area contributed by atoms with Gasteiger partial charge in [0.1, 0.15) is 5.82 Å². The molecule has 5 nitrogen and oxygen atoms in total. The lowest BCUT2D eigenvalue weighted by Crippen LogP contribution is -2.38. The molecule has 3 rings (SSSR count). The first-order valence-electron chi connectivity index (χ1n) is 6.93. The molecular formula is C15H18N4OS. The molecule has 0 bridgehead atoms. The zero-order chi connectivity index (χ0) is 14.8. The second kappa shape index (κ2) is 5.81. The molecule has 0 aliphatic carbocycles. The van der Waals surface area contributed by atoms with Crippen LogP contribution in [0.1, 0.15) is 12.5 Å². The zero-order valence-corrected chi connectivity index (χ0v) is 12.7. The molecular weight excluding hydrogens is 284 g/mol. The number of fused-ring (bicyclic) bond motifs is 1. The van der Waals surface area contributed by atoms with Gasteiger partial charge in [-0.25, -0.2) is 4.98 Å². The van der Waals surface area contributed by atoms with Gasteiger partial charge in [0.15, 0.2) is 5.84 Å². The molecule has 0 amide bonds. The number of nitrogens with two attached hydrogens (primary N) is 1. The number of aromatic nitrogens is 1. The van der Waals surface area contributed by atoms with Crippen LogP contribution < -0.4 is 10.6 Å². The molecule has 0 saturated carbocycles. The van der Waals surface area contributed by atoms with Crippen molar-refractivity contribution >= 4 is 34.3 Å². The van der Waals surface area contributed by atoms with E-state index in [0.717, 1.165) is 35.6 Å². The van der Waals surface area contributed by atoms with Gasteiger partial charge in [0.2, 0.25) is 0 Å². The molecule has 1 aromatic carbocycles. The van der Waals surface area contributed by atoms with Crippen LogP contribution in [0.15, 0.2) is 35.5 Å². The van der Waals surface area contributed by atoms with Crippen molar-refractivity contribution in [3.63, 3.8) is 0 Å². The molecule has 110 valence electrons. The molecule has 2 aromatic rings. The molecule has 21 heavy (non-hydrogen) atoms. The van der Waals surface area contributed by atoms with Crippen LogP contribution in [-0.2, 0) is 0 Å². The fourth-order valence-corrected chi connectivity index (χ4v) is 3.61. The molecule has 3 N–H and O–H groups in total. The van der Waals surface area contributed by atoms with Gasteiger partial charge in [-0.3, -0.25) is 0 Å². The normalized spacial score (nSPS) is 20.0. The molecule has 0 radical (unpaired) electrons. The van der Waals surface area contributed by atoms with E-state index in [-0.39, 0.29) is 5.84 Å². The van der Waals surface area contributed by atoms with Gasteiger partial charge in [0.05, 0.1) is 11.1 Å². The highest BCUT2D eigenvalue weighted by Crippen LogP contribution is 2.28. The Balaban J connectivity index is 2.13. The number of benzene rings is 1. The summed E-state index contributed by atoms with van der Waals surface area (Å²) < 4.78 is 0. The maximum atomic E-state index is 9.05. The van der Waals surface area contributed by atoms with Crippen molar-refractivity contribution in [2.45, 2.75) is 12.2 Å². The van der Waals surface area contributed by atoms with Gasteiger partial charge in [0, 0.05) is 29.5 Å². The van der Waals surface area contributed by atoms with Crippen LogP contribution in [-0.4, -0.2) is 40.1 Å². The third-order valence-electron chi connectivity index (χ3n) is 3.63. The molecule has 2 heterocycles. The van der Waals surface area contributed by atoms with Crippen molar-refractivity contribution < 1.29 is 5.21 Å². The summed E-state index contributed by atoms with van der Waals surface area (Å²) in [7, 11) is 0. The van der Waals surface area contributed by atoms with Crippen molar-refractivity contribution in [2.24, 2.45) is 10.9 Å². The van der Waals surface area contributed by atoms with Crippen LogP contribution >= 0.6 is 11.8 Å². The van der Waals surface area contributed by atoms with Crippen molar-refractivity contribution in [3.8, 4) is 0 Å². The lowest BCUT2D eigenvalue weighted by Gasteiger charge is -2.32. The Labute approximate surface area is 127 Å². The predicted molar refractivity (Wildman–Crippen MR) is 88.4 cm³/mol. The van der Waals surface area contributed by atoms with E-state index >= 15 is 0 Å². The van der Waals surface area contributed by atoms with Gasteiger partial charge < -0.3 is 15.8 Å².